The molecule has 0 amide bonds. The molecular weight excluding hydrogens is 128 g/mol. The molecule has 0 aliphatic carbocycles. The van der Waals surface area contributed by atoms with Crippen molar-refractivity contribution in [1.29, 1.82) is 5.41 Å². The van der Waals surface area contributed by atoms with E-state index in [4.69, 9.17) is 11.1 Å². The lowest BCUT2D eigenvalue weighted by Crippen LogP contribution is -2.20. The van der Waals surface area contributed by atoms with Gasteiger partial charge >= 0.3 is 0 Å². The maximum atomic E-state index is 6.83. The molecule has 0 radical (unpaired) electrons. The first-order chi connectivity index (χ1) is 4.80. The summed E-state index contributed by atoms with van der Waals surface area (Å²) < 4.78 is 1.28. The van der Waals surface area contributed by atoms with Crippen LogP contribution in [0.3, 0.4) is 0 Å². The highest BCUT2D eigenvalue weighted by atomic mass is 15.3. The minimum atomic E-state index is -0.0602. The molecule has 1 aromatic heterocycles. The van der Waals surface area contributed by atoms with Crippen LogP contribution in [0.2, 0.25) is 0 Å². The average molecular weight is 140 g/mol. The predicted octanol–water partition coefficient (Wildman–Crippen LogP) is 0.651. The van der Waals surface area contributed by atoms with Crippen LogP contribution in [0.25, 0.3) is 0 Å². The summed E-state index contributed by atoms with van der Waals surface area (Å²) in [5, 5.41) is 10.5. The second-order valence-electron chi connectivity index (χ2n) is 1.34. The van der Waals surface area contributed by atoms with Crippen LogP contribution < -0.4 is 5.73 Å². The highest BCUT2D eigenvalue weighted by Crippen LogP contribution is 1.77. The highest BCUT2D eigenvalue weighted by Gasteiger charge is 1.87. The van der Waals surface area contributed by atoms with Crippen molar-refractivity contribution in [1.82, 2.24) is 9.78 Å². The summed E-state index contributed by atoms with van der Waals surface area (Å²) in [6.45, 7) is 4.00. The summed E-state index contributed by atoms with van der Waals surface area (Å²) >= 11 is 0. The number of hydrogen-bond acceptors (Lipinski definition) is 2. The first-order valence-electron chi connectivity index (χ1n) is 3.15. The maximum Gasteiger partial charge on any atom is 0.213 e. The highest BCUT2D eigenvalue weighted by molar-refractivity contribution is 5.75. The van der Waals surface area contributed by atoms with Gasteiger partial charge in [0.2, 0.25) is 5.96 Å². The smallest absolute Gasteiger partial charge is 0.213 e. The Morgan fingerprint density at radius 2 is 2.20 bits per heavy atom. The van der Waals surface area contributed by atoms with Gasteiger partial charge in [-0.1, -0.05) is 13.8 Å². The molecule has 0 aromatic carbocycles. The fourth-order valence-corrected chi connectivity index (χ4v) is 0.411. The topological polar surface area (TPSA) is 67.7 Å². The molecule has 0 fully saturated rings. The van der Waals surface area contributed by atoms with Gasteiger partial charge in [-0.25, -0.2) is 4.68 Å². The summed E-state index contributed by atoms with van der Waals surface area (Å²) in [6.07, 6.45) is 3.18. The molecule has 56 valence electrons. The Labute approximate surface area is 60.2 Å². The average Bonchev–Trinajstić information content (AvgIpc) is 2.42. The van der Waals surface area contributed by atoms with E-state index in [2.05, 4.69) is 5.10 Å². The standard InChI is InChI=1S/C4H6N4.C2H6/c5-4(6)8-3-1-2-7-8;1-2/h1-3H,(H3,5,6);1-2H3. The van der Waals surface area contributed by atoms with Gasteiger partial charge in [-0.05, 0) is 6.07 Å². The van der Waals surface area contributed by atoms with Crippen molar-refractivity contribution in [2.45, 2.75) is 13.8 Å². The van der Waals surface area contributed by atoms with Crippen LogP contribution in [0.15, 0.2) is 18.5 Å². The van der Waals surface area contributed by atoms with Crippen LogP contribution in [-0.4, -0.2) is 15.7 Å². The zero-order chi connectivity index (χ0) is 7.98. The molecule has 0 atom stereocenters. The van der Waals surface area contributed by atoms with E-state index in [9.17, 15) is 0 Å². The lowest BCUT2D eigenvalue weighted by Gasteiger charge is -1.91. The summed E-state index contributed by atoms with van der Waals surface area (Å²) in [7, 11) is 0. The molecule has 1 aromatic rings. The van der Waals surface area contributed by atoms with Crippen LogP contribution in [0.4, 0.5) is 0 Å². The Morgan fingerprint density at radius 1 is 1.60 bits per heavy atom. The van der Waals surface area contributed by atoms with E-state index in [0.717, 1.165) is 0 Å². The van der Waals surface area contributed by atoms with Crippen molar-refractivity contribution >= 4 is 5.96 Å². The number of aromatic nitrogens is 2. The summed E-state index contributed by atoms with van der Waals surface area (Å²) in [6, 6.07) is 1.71. The minimum absolute atomic E-state index is 0.0602. The molecule has 0 bridgehead atoms. The van der Waals surface area contributed by atoms with Gasteiger partial charge < -0.3 is 5.73 Å². The fraction of sp³-hybridized carbons (Fsp3) is 0.333. The first-order valence-corrected chi connectivity index (χ1v) is 3.15. The minimum Gasteiger partial charge on any atom is -0.368 e. The van der Waals surface area contributed by atoms with Crippen molar-refractivity contribution < 1.29 is 0 Å². The zero-order valence-electron chi connectivity index (χ0n) is 6.20. The van der Waals surface area contributed by atoms with E-state index in [1.807, 2.05) is 13.8 Å². The number of nitrogen functional groups attached to an aromatic ring is 1. The van der Waals surface area contributed by atoms with E-state index in [0.29, 0.717) is 0 Å². The summed E-state index contributed by atoms with van der Waals surface area (Å²) in [5.41, 5.74) is 5.04. The van der Waals surface area contributed by atoms with E-state index in [1.165, 1.54) is 4.68 Å². The Balaban J connectivity index is 0.000000371. The molecular formula is C6H12N4. The van der Waals surface area contributed by atoms with Gasteiger partial charge in [0.05, 0.1) is 0 Å². The van der Waals surface area contributed by atoms with E-state index in [-0.39, 0.29) is 5.96 Å². The summed E-state index contributed by atoms with van der Waals surface area (Å²) in [4.78, 5) is 0. The number of rotatable bonds is 0. The van der Waals surface area contributed by atoms with E-state index >= 15 is 0 Å². The lowest BCUT2D eigenvalue weighted by molar-refractivity contribution is 0.912. The molecule has 0 aliphatic rings. The molecule has 0 unspecified atom stereocenters. The Morgan fingerprint density at radius 3 is 2.40 bits per heavy atom. The van der Waals surface area contributed by atoms with Gasteiger partial charge in [-0.15, -0.1) is 0 Å². The largest absolute Gasteiger partial charge is 0.368 e. The van der Waals surface area contributed by atoms with Gasteiger partial charge in [0.15, 0.2) is 0 Å². The predicted molar refractivity (Wildman–Crippen MR) is 40.9 cm³/mol. The molecule has 1 heterocycles. The third kappa shape index (κ3) is 2.30. The van der Waals surface area contributed by atoms with Gasteiger partial charge in [0.25, 0.3) is 0 Å². The number of nitrogens with two attached hydrogens (primary N) is 1. The van der Waals surface area contributed by atoms with Crippen LogP contribution in [0.1, 0.15) is 13.8 Å². The van der Waals surface area contributed by atoms with E-state index in [1.54, 1.807) is 18.5 Å². The van der Waals surface area contributed by atoms with Crippen molar-refractivity contribution in [2.24, 2.45) is 5.73 Å². The number of nitrogens with zero attached hydrogens (tertiary/aromatic N) is 2. The number of hydrogen-bond donors (Lipinski definition) is 2. The second-order valence-corrected chi connectivity index (χ2v) is 1.34. The van der Waals surface area contributed by atoms with Crippen molar-refractivity contribution in [2.75, 3.05) is 0 Å². The third-order valence-corrected chi connectivity index (χ3v) is 0.751. The Kier molecular flexibility index (Phi) is 3.95. The van der Waals surface area contributed by atoms with Gasteiger partial charge in [0, 0.05) is 12.4 Å². The van der Waals surface area contributed by atoms with E-state index < -0.39 is 0 Å². The van der Waals surface area contributed by atoms with Crippen LogP contribution in [-0.2, 0) is 0 Å². The quantitative estimate of drug-likeness (QED) is 0.410. The molecule has 0 saturated carbocycles. The zero-order valence-corrected chi connectivity index (χ0v) is 6.20. The molecule has 1 rings (SSSR count). The molecule has 0 aliphatic heterocycles. The molecule has 10 heavy (non-hydrogen) atoms. The first kappa shape index (κ1) is 8.68. The normalized spacial score (nSPS) is 7.80. The van der Waals surface area contributed by atoms with Crippen LogP contribution in [0, 0.1) is 5.41 Å². The lowest BCUT2D eigenvalue weighted by atomic mass is 10.7. The molecule has 3 N–H and O–H groups in total. The molecule has 4 heteroatoms. The van der Waals surface area contributed by atoms with Crippen molar-refractivity contribution in [3.8, 4) is 0 Å². The Bertz CT molecular complexity index is 178. The summed E-state index contributed by atoms with van der Waals surface area (Å²) in [5.74, 6) is -0.0602. The Hall–Kier alpha value is -1.32. The molecule has 0 spiro atoms. The maximum absolute atomic E-state index is 6.83. The second kappa shape index (κ2) is 4.55. The fourth-order valence-electron chi connectivity index (χ4n) is 0.411. The monoisotopic (exact) mass is 140 g/mol. The number of nitrogens with one attached hydrogen (secondary N) is 1. The van der Waals surface area contributed by atoms with Crippen LogP contribution >= 0.6 is 0 Å². The third-order valence-electron chi connectivity index (χ3n) is 0.751. The van der Waals surface area contributed by atoms with Gasteiger partial charge in [-0.2, -0.15) is 5.10 Å². The van der Waals surface area contributed by atoms with Crippen molar-refractivity contribution in [3.05, 3.63) is 18.5 Å². The van der Waals surface area contributed by atoms with Crippen LogP contribution in [0.5, 0.6) is 0 Å². The SMILES string of the molecule is CC.N=C(N)n1cccn1. The molecule has 4 nitrogen and oxygen atoms in total. The molecule has 0 saturated heterocycles. The van der Waals surface area contributed by atoms with Crippen molar-refractivity contribution in [3.63, 3.8) is 0 Å². The van der Waals surface area contributed by atoms with Gasteiger partial charge in [0.1, 0.15) is 0 Å². The van der Waals surface area contributed by atoms with Gasteiger partial charge in [-0.3, -0.25) is 5.41 Å².